The monoisotopic (exact) mass is 407 g/mol. The fraction of sp³-hybridized carbons (Fsp3) is 0.273. The zero-order chi connectivity index (χ0) is 20.8. The molecule has 1 aliphatic heterocycles. The van der Waals surface area contributed by atoms with E-state index in [2.05, 4.69) is 17.6 Å². The minimum atomic E-state index is -3.88. The highest BCUT2D eigenvalue weighted by Crippen LogP contribution is 2.46. The molecular weight excluding hydrogens is 386 g/mol. The quantitative estimate of drug-likeness (QED) is 0.833. The molecular formula is C22H21N3O3S. The van der Waals surface area contributed by atoms with Gasteiger partial charge in [-0.25, -0.2) is 8.42 Å². The van der Waals surface area contributed by atoms with Crippen molar-refractivity contribution >= 4 is 26.7 Å². The van der Waals surface area contributed by atoms with Crippen LogP contribution in [0.25, 0.3) is 11.0 Å². The molecule has 0 atom stereocenters. The summed E-state index contributed by atoms with van der Waals surface area (Å²) in [5, 5.41) is 10.0. The van der Waals surface area contributed by atoms with Crippen LogP contribution in [-0.4, -0.2) is 19.9 Å². The van der Waals surface area contributed by atoms with Crippen molar-refractivity contribution < 1.29 is 8.42 Å². The molecule has 1 aromatic heterocycles. The van der Waals surface area contributed by atoms with Crippen LogP contribution in [0.15, 0.2) is 41.8 Å². The van der Waals surface area contributed by atoms with E-state index < -0.39 is 10.0 Å². The summed E-state index contributed by atoms with van der Waals surface area (Å²) in [4.78, 5) is 14.9. The highest BCUT2D eigenvalue weighted by Gasteiger charge is 2.36. The number of hydrogen-bond donors (Lipinski definition) is 1. The summed E-state index contributed by atoms with van der Waals surface area (Å²) < 4.78 is 28.4. The zero-order valence-corrected chi connectivity index (χ0v) is 16.9. The summed E-state index contributed by atoms with van der Waals surface area (Å²) in [5.41, 5.74) is 2.81. The van der Waals surface area contributed by atoms with Crippen LogP contribution >= 0.6 is 0 Å². The van der Waals surface area contributed by atoms with Crippen molar-refractivity contribution in [2.75, 3.05) is 10.8 Å². The first-order chi connectivity index (χ1) is 13.9. The lowest BCUT2D eigenvalue weighted by molar-refractivity contribution is 0.601. The Labute approximate surface area is 169 Å². The Balaban J connectivity index is 1.93. The van der Waals surface area contributed by atoms with E-state index in [9.17, 15) is 18.5 Å². The molecule has 0 amide bonds. The highest BCUT2D eigenvalue weighted by atomic mass is 32.2. The first kappa shape index (κ1) is 19.2. The number of sulfonamides is 1. The maximum Gasteiger partial charge on any atom is 0.260 e. The topological polar surface area (TPSA) is 94.0 Å². The lowest BCUT2D eigenvalue weighted by Crippen LogP contribution is -2.43. The number of hydrogen-bond acceptors (Lipinski definition) is 4. The Morgan fingerprint density at radius 3 is 2.79 bits per heavy atom. The summed E-state index contributed by atoms with van der Waals surface area (Å²) >= 11 is 0. The lowest BCUT2D eigenvalue weighted by atomic mass is 9.98. The largest absolute Gasteiger partial charge is 0.329 e. The fourth-order valence-electron chi connectivity index (χ4n) is 3.97. The maximum atomic E-state index is 13.5. The third kappa shape index (κ3) is 3.19. The minimum Gasteiger partial charge on any atom is -0.329 e. The van der Waals surface area contributed by atoms with Gasteiger partial charge in [0.2, 0.25) is 0 Å². The molecule has 1 N–H and O–H groups in total. The molecule has 1 aromatic carbocycles. The predicted molar refractivity (Wildman–Crippen MR) is 113 cm³/mol. The molecule has 2 aromatic rings. The summed E-state index contributed by atoms with van der Waals surface area (Å²) in [6.07, 6.45) is 7.18. The SMILES string of the molecule is C=C/C=c1/c(=O)[nH]cc/c1=C(/C)S(=O)(=O)N1CCc2c(C3CC3)cc(C#N)cc21. The van der Waals surface area contributed by atoms with E-state index in [1.165, 1.54) is 29.6 Å². The Morgan fingerprint density at radius 2 is 2.14 bits per heavy atom. The van der Waals surface area contributed by atoms with Gasteiger partial charge < -0.3 is 4.98 Å². The zero-order valence-electron chi connectivity index (χ0n) is 16.1. The summed E-state index contributed by atoms with van der Waals surface area (Å²) in [6.45, 7) is 5.45. The smallest absolute Gasteiger partial charge is 0.260 e. The van der Waals surface area contributed by atoms with Crippen molar-refractivity contribution in [1.82, 2.24) is 4.98 Å². The Kier molecular flexibility index (Phi) is 4.67. The second-order valence-corrected chi connectivity index (χ2v) is 9.37. The Morgan fingerprint density at radius 1 is 1.38 bits per heavy atom. The number of aromatic nitrogens is 1. The van der Waals surface area contributed by atoms with Gasteiger partial charge in [-0.2, -0.15) is 5.26 Å². The molecule has 0 bridgehead atoms. The first-order valence-corrected chi connectivity index (χ1v) is 10.9. The molecule has 2 heterocycles. The summed E-state index contributed by atoms with van der Waals surface area (Å²) in [6, 6.07) is 7.30. The Bertz CT molecular complexity index is 1340. The molecule has 7 heteroatoms. The summed E-state index contributed by atoms with van der Waals surface area (Å²) in [7, 11) is -3.88. The fourth-order valence-corrected chi connectivity index (χ4v) is 5.51. The van der Waals surface area contributed by atoms with Gasteiger partial charge in [-0.1, -0.05) is 12.7 Å². The first-order valence-electron chi connectivity index (χ1n) is 9.49. The van der Waals surface area contributed by atoms with Gasteiger partial charge in [-0.05, 0) is 67.5 Å². The molecule has 29 heavy (non-hydrogen) atoms. The third-order valence-electron chi connectivity index (χ3n) is 5.58. The minimum absolute atomic E-state index is 0.0971. The number of allylic oxidation sites excluding steroid dienone is 1. The second-order valence-electron chi connectivity index (χ2n) is 7.37. The number of nitrogens with one attached hydrogen (secondary N) is 1. The number of H-pyrrole nitrogens is 1. The van der Waals surface area contributed by atoms with Gasteiger partial charge in [-0.3, -0.25) is 9.10 Å². The molecule has 0 unspecified atom stereocenters. The number of rotatable bonds is 4. The van der Waals surface area contributed by atoms with Gasteiger partial charge >= 0.3 is 0 Å². The van der Waals surface area contributed by atoms with Crippen molar-refractivity contribution in [1.29, 1.82) is 5.26 Å². The molecule has 1 fully saturated rings. The molecule has 0 saturated heterocycles. The van der Waals surface area contributed by atoms with E-state index >= 15 is 0 Å². The number of aromatic amines is 1. The van der Waals surface area contributed by atoms with Crippen molar-refractivity contribution in [2.24, 2.45) is 0 Å². The van der Waals surface area contributed by atoms with Gasteiger partial charge in [0.25, 0.3) is 15.6 Å². The van der Waals surface area contributed by atoms with E-state index in [0.29, 0.717) is 35.4 Å². The second kappa shape index (κ2) is 7.05. The van der Waals surface area contributed by atoms with Gasteiger partial charge in [-0.15, -0.1) is 0 Å². The molecule has 4 rings (SSSR count). The predicted octanol–water partition coefficient (Wildman–Crippen LogP) is 1.61. The molecule has 0 spiro atoms. The molecule has 0 radical (unpaired) electrons. The van der Waals surface area contributed by atoms with Crippen molar-refractivity contribution in [3.8, 4) is 6.07 Å². The van der Waals surface area contributed by atoms with E-state index in [1.54, 1.807) is 12.1 Å². The van der Waals surface area contributed by atoms with Crippen LogP contribution in [0.5, 0.6) is 0 Å². The Hall–Kier alpha value is -3.11. The van der Waals surface area contributed by atoms with Crippen LogP contribution in [0, 0.1) is 11.3 Å². The molecule has 1 aliphatic carbocycles. The lowest BCUT2D eigenvalue weighted by Gasteiger charge is -2.21. The highest BCUT2D eigenvalue weighted by molar-refractivity contribution is 8.01. The standard InChI is InChI=1S/C22H21N3O3S/c1-3-4-19-17(7-9-24-22(19)26)14(2)29(27,28)25-10-8-18-20(16-5-6-16)11-15(13-23)12-21(18)25/h3-4,7,9,11-12,16H,1,5-6,8,10H2,2H3,(H,24,26)/b17-14+,19-4+. The average Bonchev–Trinajstić information content (AvgIpc) is 3.46. The molecule has 2 aliphatic rings. The molecule has 148 valence electrons. The van der Waals surface area contributed by atoms with Gasteiger partial charge in [0.15, 0.2) is 0 Å². The van der Waals surface area contributed by atoms with Gasteiger partial charge in [0.05, 0.1) is 22.2 Å². The van der Waals surface area contributed by atoms with E-state index in [-0.39, 0.29) is 15.7 Å². The molecule has 1 saturated carbocycles. The van der Waals surface area contributed by atoms with Crippen LogP contribution in [0.3, 0.4) is 0 Å². The van der Waals surface area contributed by atoms with Crippen LogP contribution in [0.1, 0.15) is 42.4 Å². The van der Waals surface area contributed by atoms with Crippen LogP contribution in [0.2, 0.25) is 0 Å². The van der Waals surface area contributed by atoms with Crippen molar-refractivity contribution in [3.63, 3.8) is 0 Å². The van der Waals surface area contributed by atoms with Crippen molar-refractivity contribution in [2.45, 2.75) is 32.1 Å². The van der Waals surface area contributed by atoms with E-state index in [1.807, 2.05) is 6.07 Å². The van der Waals surface area contributed by atoms with E-state index in [0.717, 1.165) is 24.0 Å². The molecule has 6 nitrogen and oxygen atoms in total. The summed E-state index contributed by atoms with van der Waals surface area (Å²) in [5.74, 6) is 0.422. The van der Waals surface area contributed by atoms with E-state index in [4.69, 9.17) is 0 Å². The van der Waals surface area contributed by atoms with Gasteiger partial charge in [0, 0.05) is 23.2 Å². The number of nitriles is 1. The van der Waals surface area contributed by atoms with Crippen molar-refractivity contribution in [3.05, 3.63) is 74.5 Å². The maximum absolute atomic E-state index is 13.5. The van der Waals surface area contributed by atoms with Crippen LogP contribution in [-0.2, 0) is 16.4 Å². The number of fused-ring (bicyclic) bond motifs is 1. The van der Waals surface area contributed by atoms with Gasteiger partial charge in [0.1, 0.15) is 0 Å². The number of pyridine rings is 1. The number of anilines is 1. The number of nitrogens with zero attached hydrogens (tertiary/aromatic N) is 2. The van der Waals surface area contributed by atoms with Crippen LogP contribution in [0.4, 0.5) is 5.69 Å². The number of benzene rings is 1. The third-order valence-corrected chi connectivity index (χ3v) is 7.53. The normalized spacial score (nSPS) is 17.7. The average molecular weight is 407 g/mol. The van der Waals surface area contributed by atoms with Crippen LogP contribution < -0.4 is 20.3 Å².